The number of ether oxygens (including phenoxy) is 1. The third kappa shape index (κ3) is 3.40. The van der Waals surface area contributed by atoms with E-state index in [2.05, 4.69) is 4.72 Å². The molecule has 6 nitrogen and oxygen atoms in total. The maximum absolute atomic E-state index is 12.8. The van der Waals surface area contributed by atoms with E-state index < -0.39 is 10.0 Å². The number of amides is 1. The lowest BCUT2D eigenvalue weighted by Gasteiger charge is -2.12. The number of fused-ring (bicyclic) bond motifs is 1. The molecule has 8 heteroatoms. The largest absolute Gasteiger partial charge is 0.495 e. The Morgan fingerprint density at radius 3 is 2.44 bits per heavy atom. The van der Waals surface area contributed by atoms with Crippen molar-refractivity contribution in [1.29, 1.82) is 0 Å². The standard InChI is InChI=1S/C19H19ClN2O4S/c1-11(2)18-14-10-13(6-7-16(14)22(3)19(18)23)27(24,25)21-12-5-8-17(26-4)15(20)9-12/h5-10,21H,1-4H3. The van der Waals surface area contributed by atoms with Gasteiger partial charge in [0.1, 0.15) is 5.75 Å². The van der Waals surface area contributed by atoms with Crippen LogP contribution >= 0.6 is 11.6 Å². The number of likely N-dealkylation sites (N-methyl/N-ethyl adjacent to an activating group) is 1. The highest BCUT2D eigenvalue weighted by molar-refractivity contribution is 7.92. The minimum Gasteiger partial charge on any atom is -0.495 e. The van der Waals surface area contributed by atoms with E-state index in [4.69, 9.17) is 16.3 Å². The van der Waals surface area contributed by atoms with Crippen LogP contribution in [0.15, 0.2) is 46.9 Å². The fraction of sp³-hybridized carbons (Fsp3) is 0.211. The van der Waals surface area contributed by atoms with E-state index in [9.17, 15) is 13.2 Å². The van der Waals surface area contributed by atoms with Crippen molar-refractivity contribution < 1.29 is 17.9 Å². The van der Waals surface area contributed by atoms with Crippen molar-refractivity contribution in [2.45, 2.75) is 18.7 Å². The van der Waals surface area contributed by atoms with Crippen LogP contribution < -0.4 is 14.4 Å². The molecule has 0 fully saturated rings. The Bertz CT molecular complexity index is 1070. The normalized spacial score (nSPS) is 13.6. The molecule has 0 atom stereocenters. The van der Waals surface area contributed by atoms with Gasteiger partial charge < -0.3 is 9.64 Å². The van der Waals surface area contributed by atoms with E-state index >= 15 is 0 Å². The van der Waals surface area contributed by atoms with E-state index in [1.54, 1.807) is 25.2 Å². The number of nitrogens with zero attached hydrogens (tertiary/aromatic N) is 1. The molecule has 1 aliphatic rings. The zero-order valence-electron chi connectivity index (χ0n) is 15.3. The number of benzene rings is 2. The molecular weight excluding hydrogens is 388 g/mol. The minimum absolute atomic E-state index is 0.0649. The second-order valence-electron chi connectivity index (χ2n) is 6.37. The molecule has 27 heavy (non-hydrogen) atoms. The van der Waals surface area contributed by atoms with Crippen LogP contribution in [0.1, 0.15) is 19.4 Å². The molecule has 1 N–H and O–H groups in total. The average Bonchev–Trinajstić information content (AvgIpc) is 2.85. The van der Waals surface area contributed by atoms with Crippen LogP contribution in [0.4, 0.5) is 11.4 Å². The summed E-state index contributed by atoms with van der Waals surface area (Å²) in [6, 6.07) is 9.26. The Hall–Kier alpha value is -2.51. The molecule has 3 rings (SSSR count). The summed E-state index contributed by atoms with van der Waals surface area (Å²) in [5.74, 6) is 0.307. The number of methoxy groups -OCH3 is 1. The lowest BCUT2D eigenvalue weighted by atomic mass is 10.0. The monoisotopic (exact) mass is 406 g/mol. The number of anilines is 2. The Morgan fingerprint density at radius 1 is 1.15 bits per heavy atom. The first-order valence-corrected chi connectivity index (χ1v) is 9.98. The average molecular weight is 407 g/mol. The van der Waals surface area contributed by atoms with Crippen molar-refractivity contribution in [3.8, 4) is 5.75 Å². The third-order valence-electron chi connectivity index (χ3n) is 4.33. The van der Waals surface area contributed by atoms with Crippen molar-refractivity contribution in [2.75, 3.05) is 23.8 Å². The van der Waals surface area contributed by atoms with E-state index in [1.807, 2.05) is 13.8 Å². The van der Waals surface area contributed by atoms with Crippen LogP contribution in [0.25, 0.3) is 5.57 Å². The summed E-state index contributed by atoms with van der Waals surface area (Å²) in [7, 11) is -0.707. The number of nitrogens with one attached hydrogen (secondary N) is 1. The van der Waals surface area contributed by atoms with Gasteiger partial charge in [0.05, 0.1) is 28.4 Å². The number of rotatable bonds is 4. The van der Waals surface area contributed by atoms with Gasteiger partial charge >= 0.3 is 0 Å². The van der Waals surface area contributed by atoms with Crippen molar-refractivity contribution >= 4 is 44.5 Å². The zero-order valence-corrected chi connectivity index (χ0v) is 16.9. The summed E-state index contributed by atoms with van der Waals surface area (Å²) in [6.45, 7) is 3.66. The number of carbonyl (C=O) groups excluding carboxylic acids is 1. The number of hydrogen-bond donors (Lipinski definition) is 1. The molecule has 0 spiro atoms. The molecule has 0 aromatic heterocycles. The van der Waals surface area contributed by atoms with Crippen LogP contribution in [0.3, 0.4) is 0 Å². The summed E-state index contributed by atoms with van der Waals surface area (Å²) < 4.78 is 33.2. The van der Waals surface area contributed by atoms with Crippen molar-refractivity contribution in [2.24, 2.45) is 0 Å². The van der Waals surface area contributed by atoms with Gasteiger partial charge in [-0.15, -0.1) is 0 Å². The maximum atomic E-state index is 12.8. The molecule has 0 unspecified atom stereocenters. The van der Waals surface area contributed by atoms with Crippen molar-refractivity contribution in [1.82, 2.24) is 0 Å². The molecular formula is C19H19ClN2O4S. The smallest absolute Gasteiger partial charge is 0.261 e. The number of sulfonamides is 1. The van der Waals surface area contributed by atoms with Crippen LogP contribution in [0.2, 0.25) is 5.02 Å². The molecule has 2 aromatic carbocycles. The molecule has 0 saturated heterocycles. The van der Waals surface area contributed by atoms with Gasteiger partial charge in [-0.2, -0.15) is 0 Å². The molecule has 1 heterocycles. The van der Waals surface area contributed by atoms with E-state index in [-0.39, 0.29) is 10.8 Å². The van der Waals surface area contributed by atoms with Crippen molar-refractivity contribution in [3.05, 3.63) is 52.6 Å². The first-order chi connectivity index (χ1) is 12.7. The zero-order chi connectivity index (χ0) is 19.9. The topological polar surface area (TPSA) is 75.7 Å². The van der Waals surface area contributed by atoms with Crippen LogP contribution in [-0.2, 0) is 14.8 Å². The lowest BCUT2D eigenvalue weighted by molar-refractivity contribution is -0.112. The quantitative estimate of drug-likeness (QED) is 0.781. The first-order valence-electron chi connectivity index (χ1n) is 8.12. The van der Waals surface area contributed by atoms with Gasteiger partial charge in [-0.3, -0.25) is 9.52 Å². The number of carbonyl (C=O) groups is 1. The fourth-order valence-electron chi connectivity index (χ4n) is 2.99. The Labute approximate surface area is 163 Å². The highest BCUT2D eigenvalue weighted by atomic mass is 35.5. The van der Waals surface area contributed by atoms with Gasteiger partial charge in [-0.25, -0.2) is 8.42 Å². The molecule has 0 saturated carbocycles. The summed E-state index contributed by atoms with van der Waals surface area (Å²) >= 11 is 6.06. The van der Waals surface area contributed by atoms with Gasteiger partial charge in [0.2, 0.25) is 0 Å². The Balaban J connectivity index is 2.01. The molecule has 2 aromatic rings. The van der Waals surface area contributed by atoms with Crippen LogP contribution in [0, 0.1) is 0 Å². The van der Waals surface area contributed by atoms with Crippen LogP contribution in [-0.4, -0.2) is 28.5 Å². The predicted octanol–water partition coefficient (Wildman–Crippen LogP) is 3.92. The summed E-state index contributed by atoms with van der Waals surface area (Å²) in [4.78, 5) is 14.0. The summed E-state index contributed by atoms with van der Waals surface area (Å²) in [6.07, 6.45) is 0. The Kier molecular flexibility index (Phi) is 4.92. The number of hydrogen-bond acceptors (Lipinski definition) is 4. The van der Waals surface area contributed by atoms with Gasteiger partial charge in [0, 0.05) is 18.2 Å². The highest BCUT2D eigenvalue weighted by Gasteiger charge is 2.32. The molecule has 1 aliphatic heterocycles. The van der Waals surface area contributed by atoms with E-state index in [0.29, 0.717) is 33.3 Å². The Morgan fingerprint density at radius 2 is 1.85 bits per heavy atom. The summed E-state index contributed by atoms with van der Waals surface area (Å²) in [5, 5.41) is 0.297. The maximum Gasteiger partial charge on any atom is 0.261 e. The number of allylic oxidation sites excluding steroid dienone is 1. The number of halogens is 1. The lowest BCUT2D eigenvalue weighted by Crippen LogP contribution is -2.20. The molecule has 0 radical (unpaired) electrons. The second kappa shape index (κ2) is 6.90. The SMILES string of the molecule is COc1ccc(NS(=O)(=O)c2ccc3c(c2)C(=C(C)C)C(=O)N3C)cc1Cl. The molecule has 1 amide bonds. The minimum atomic E-state index is -3.86. The summed E-state index contributed by atoms with van der Waals surface area (Å²) in [5.41, 5.74) is 2.96. The molecule has 0 bridgehead atoms. The van der Waals surface area contributed by atoms with E-state index in [1.165, 1.54) is 30.2 Å². The molecule has 0 aliphatic carbocycles. The van der Waals surface area contributed by atoms with Crippen LogP contribution in [0.5, 0.6) is 5.75 Å². The predicted molar refractivity (Wildman–Crippen MR) is 107 cm³/mol. The fourth-order valence-corrected chi connectivity index (χ4v) is 4.33. The highest BCUT2D eigenvalue weighted by Crippen LogP contribution is 2.39. The van der Waals surface area contributed by atoms with Crippen molar-refractivity contribution in [3.63, 3.8) is 0 Å². The van der Waals surface area contributed by atoms with Gasteiger partial charge in [0.25, 0.3) is 15.9 Å². The van der Waals surface area contributed by atoms with Gasteiger partial charge in [-0.1, -0.05) is 17.2 Å². The first kappa shape index (κ1) is 19.3. The second-order valence-corrected chi connectivity index (χ2v) is 8.46. The van der Waals surface area contributed by atoms with E-state index in [0.717, 1.165) is 5.57 Å². The van der Waals surface area contributed by atoms with Gasteiger partial charge in [0.15, 0.2) is 0 Å². The third-order valence-corrected chi connectivity index (χ3v) is 6.01. The molecule has 142 valence electrons. The van der Waals surface area contributed by atoms with Gasteiger partial charge in [-0.05, 0) is 50.2 Å².